The minimum atomic E-state index is -0.326. The minimum Gasteiger partial charge on any atom is -0.390 e. The number of hydrogen-bond acceptors (Lipinski definition) is 2. The van der Waals surface area contributed by atoms with Crippen LogP contribution in [0.4, 0.5) is 0 Å². The number of hydrogen-bond donors (Lipinski definition) is 1. The SMILES string of the molecule is O[C@@H]1COC[C@H]1c1ccccc1. The van der Waals surface area contributed by atoms with E-state index in [4.69, 9.17) is 4.74 Å². The lowest BCUT2D eigenvalue weighted by Gasteiger charge is -2.11. The van der Waals surface area contributed by atoms with Crippen molar-refractivity contribution in [2.75, 3.05) is 13.2 Å². The molecule has 0 bridgehead atoms. The summed E-state index contributed by atoms with van der Waals surface area (Å²) in [6.07, 6.45) is -0.326. The van der Waals surface area contributed by atoms with E-state index in [1.54, 1.807) is 0 Å². The molecule has 0 unspecified atom stereocenters. The number of rotatable bonds is 1. The molecule has 1 aliphatic heterocycles. The highest BCUT2D eigenvalue weighted by molar-refractivity contribution is 5.21. The van der Waals surface area contributed by atoms with E-state index in [0.29, 0.717) is 13.2 Å². The van der Waals surface area contributed by atoms with Crippen LogP contribution in [0.1, 0.15) is 11.5 Å². The molecule has 1 heterocycles. The summed E-state index contributed by atoms with van der Waals surface area (Å²) in [5.41, 5.74) is 1.17. The summed E-state index contributed by atoms with van der Waals surface area (Å²) < 4.78 is 5.17. The third kappa shape index (κ3) is 1.36. The van der Waals surface area contributed by atoms with Gasteiger partial charge in [-0.1, -0.05) is 30.3 Å². The second kappa shape index (κ2) is 3.25. The standard InChI is InChI=1S/C10H12O2/c11-10-7-12-6-9(10)8-4-2-1-3-5-8/h1-5,9-11H,6-7H2/t9-,10+/m0/s1. The molecule has 1 N–H and O–H groups in total. The van der Waals surface area contributed by atoms with Crippen molar-refractivity contribution in [3.05, 3.63) is 35.9 Å². The van der Waals surface area contributed by atoms with Crippen molar-refractivity contribution in [1.82, 2.24) is 0 Å². The van der Waals surface area contributed by atoms with Gasteiger partial charge in [-0.2, -0.15) is 0 Å². The number of aliphatic hydroxyl groups excluding tert-OH is 1. The Morgan fingerprint density at radius 2 is 1.92 bits per heavy atom. The number of benzene rings is 1. The molecule has 0 spiro atoms. The molecule has 1 saturated heterocycles. The van der Waals surface area contributed by atoms with Crippen molar-refractivity contribution in [3.8, 4) is 0 Å². The van der Waals surface area contributed by atoms with Gasteiger partial charge in [-0.05, 0) is 5.56 Å². The first-order valence-electron chi connectivity index (χ1n) is 4.18. The normalized spacial score (nSPS) is 29.1. The van der Waals surface area contributed by atoms with E-state index in [1.165, 1.54) is 5.56 Å². The van der Waals surface area contributed by atoms with E-state index >= 15 is 0 Å². The van der Waals surface area contributed by atoms with E-state index in [0.717, 1.165) is 0 Å². The van der Waals surface area contributed by atoms with E-state index in [1.807, 2.05) is 30.3 Å². The quantitative estimate of drug-likeness (QED) is 0.675. The molecule has 0 radical (unpaired) electrons. The topological polar surface area (TPSA) is 29.5 Å². The molecule has 1 fully saturated rings. The van der Waals surface area contributed by atoms with Gasteiger partial charge in [-0.15, -0.1) is 0 Å². The molecule has 0 aromatic heterocycles. The van der Waals surface area contributed by atoms with Gasteiger partial charge in [0, 0.05) is 5.92 Å². The highest BCUT2D eigenvalue weighted by Crippen LogP contribution is 2.24. The Kier molecular flexibility index (Phi) is 2.11. The molecule has 1 aromatic carbocycles. The van der Waals surface area contributed by atoms with Crippen molar-refractivity contribution in [2.24, 2.45) is 0 Å². The van der Waals surface area contributed by atoms with Gasteiger partial charge in [-0.3, -0.25) is 0 Å². The Bertz CT molecular complexity index is 245. The molecule has 0 aliphatic carbocycles. The van der Waals surface area contributed by atoms with Gasteiger partial charge in [0.1, 0.15) is 0 Å². The summed E-state index contributed by atoms with van der Waals surface area (Å²) in [6, 6.07) is 10.0. The van der Waals surface area contributed by atoms with Gasteiger partial charge in [0.25, 0.3) is 0 Å². The predicted octanol–water partition coefficient (Wildman–Crippen LogP) is 1.16. The molecule has 2 rings (SSSR count). The van der Waals surface area contributed by atoms with Crippen LogP contribution in [0.3, 0.4) is 0 Å². The second-order valence-corrected chi connectivity index (χ2v) is 3.12. The minimum absolute atomic E-state index is 0.172. The zero-order valence-electron chi connectivity index (χ0n) is 6.81. The molecule has 64 valence electrons. The van der Waals surface area contributed by atoms with Crippen LogP contribution in [0.15, 0.2) is 30.3 Å². The third-order valence-electron chi connectivity index (χ3n) is 2.28. The molecule has 2 nitrogen and oxygen atoms in total. The van der Waals surface area contributed by atoms with Crippen molar-refractivity contribution in [2.45, 2.75) is 12.0 Å². The van der Waals surface area contributed by atoms with Crippen LogP contribution in [0.2, 0.25) is 0 Å². The van der Waals surface area contributed by atoms with Crippen molar-refractivity contribution >= 4 is 0 Å². The Morgan fingerprint density at radius 3 is 2.50 bits per heavy atom. The second-order valence-electron chi connectivity index (χ2n) is 3.12. The molecule has 12 heavy (non-hydrogen) atoms. The summed E-state index contributed by atoms with van der Waals surface area (Å²) in [6.45, 7) is 1.12. The lowest BCUT2D eigenvalue weighted by Crippen LogP contribution is -2.15. The molecular formula is C10H12O2. The molecule has 2 heteroatoms. The average Bonchev–Trinajstić information content (AvgIpc) is 2.53. The largest absolute Gasteiger partial charge is 0.390 e. The van der Waals surface area contributed by atoms with E-state index in [2.05, 4.69) is 0 Å². The van der Waals surface area contributed by atoms with Gasteiger partial charge in [0.05, 0.1) is 19.3 Å². The third-order valence-corrected chi connectivity index (χ3v) is 2.28. The van der Waals surface area contributed by atoms with Crippen molar-refractivity contribution in [1.29, 1.82) is 0 Å². The predicted molar refractivity (Wildman–Crippen MR) is 46.0 cm³/mol. The monoisotopic (exact) mass is 164 g/mol. The summed E-state index contributed by atoms with van der Waals surface area (Å²) in [7, 11) is 0. The molecule has 2 atom stereocenters. The van der Waals surface area contributed by atoms with E-state index in [9.17, 15) is 5.11 Å². The zero-order chi connectivity index (χ0) is 8.39. The van der Waals surface area contributed by atoms with Gasteiger partial charge in [0.15, 0.2) is 0 Å². The first-order valence-corrected chi connectivity index (χ1v) is 4.18. The first-order chi connectivity index (χ1) is 5.88. The van der Waals surface area contributed by atoms with Crippen LogP contribution >= 0.6 is 0 Å². The highest BCUT2D eigenvalue weighted by atomic mass is 16.5. The molecular weight excluding hydrogens is 152 g/mol. The smallest absolute Gasteiger partial charge is 0.0864 e. The van der Waals surface area contributed by atoms with Crippen LogP contribution < -0.4 is 0 Å². The van der Waals surface area contributed by atoms with Crippen LogP contribution in [-0.2, 0) is 4.74 Å². The molecule has 0 saturated carbocycles. The van der Waals surface area contributed by atoms with Crippen molar-refractivity contribution in [3.63, 3.8) is 0 Å². The maximum absolute atomic E-state index is 9.52. The highest BCUT2D eigenvalue weighted by Gasteiger charge is 2.27. The first kappa shape index (κ1) is 7.77. The summed E-state index contributed by atoms with van der Waals surface area (Å²) in [5.74, 6) is 0.172. The van der Waals surface area contributed by atoms with Crippen LogP contribution in [0.25, 0.3) is 0 Å². The van der Waals surface area contributed by atoms with Crippen LogP contribution in [0, 0.1) is 0 Å². The molecule has 0 amide bonds. The van der Waals surface area contributed by atoms with Crippen molar-refractivity contribution < 1.29 is 9.84 Å². The fourth-order valence-electron chi connectivity index (χ4n) is 1.56. The van der Waals surface area contributed by atoms with Gasteiger partial charge < -0.3 is 9.84 Å². The Balaban J connectivity index is 2.19. The van der Waals surface area contributed by atoms with Crippen LogP contribution in [-0.4, -0.2) is 24.4 Å². The Hall–Kier alpha value is -0.860. The average molecular weight is 164 g/mol. The lowest BCUT2D eigenvalue weighted by atomic mass is 9.97. The lowest BCUT2D eigenvalue weighted by molar-refractivity contribution is 0.124. The number of aliphatic hydroxyl groups is 1. The maximum atomic E-state index is 9.52. The maximum Gasteiger partial charge on any atom is 0.0864 e. The zero-order valence-corrected chi connectivity index (χ0v) is 6.81. The van der Waals surface area contributed by atoms with E-state index < -0.39 is 0 Å². The van der Waals surface area contributed by atoms with Gasteiger partial charge >= 0.3 is 0 Å². The summed E-state index contributed by atoms with van der Waals surface area (Å²) >= 11 is 0. The summed E-state index contributed by atoms with van der Waals surface area (Å²) in [5, 5.41) is 9.52. The Morgan fingerprint density at radius 1 is 1.17 bits per heavy atom. The van der Waals surface area contributed by atoms with E-state index in [-0.39, 0.29) is 12.0 Å². The fraction of sp³-hybridized carbons (Fsp3) is 0.400. The van der Waals surface area contributed by atoms with Gasteiger partial charge in [0.2, 0.25) is 0 Å². The molecule has 1 aliphatic rings. The number of ether oxygens (including phenoxy) is 1. The fourth-order valence-corrected chi connectivity index (χ4v) is 1.56. The molecule has 1 aromatic rings. The Labute approximate surface area is 71.8 Å². The summed E-state index contributed by atoms with van der Waals surface area (Å²) in [4.78, 5) is 0. The van der Waals surface area contributed by atoms with Gasteiger partial charge in [-0.25, -0.2) is 0 Å². The van der Waals surface area contributed by atoms with Crippen LogP contribution in [0.5, 0.6) is 0 Å².